The number of morpholine rings is 1. The zero-order valence-electron chi connectivity index (χ0n) is 14.6. The summed E-state index contributed by atoms with van der Waals surface area (Å²) in [6.07, 6.45) is 2.76. The molecule has 0 unspecified atom stereocenters. The lowest BCUT2D eigenvalue weighted by molar-refractivity contribution is 0.0130. The van der Waals surface area contributed by atoms with E-state index in [1.165, 1.54) is 0 Å². The quantitative estimate of drug-likeness (QED) is 0.846. The third kappa shape index (κ3) is 3.96. The number of carbonyl (C=O) groups excluding carboxylic acids is 1. The molecule has 1 aromatic rings. The molecule has 0 aromatic carbocycles. The van der Waals surface area contributed by atoms with Crippen LogP contribution in [0.4, 0.5) is 0 Å². The number of aliphatic hydroxyl groups excluding tert-OH is 1. The van der Waals surface area contributed by atoms with Gasteiger partial charge in [-0.05, 0) is 25.2 Å². The molecule has 1 N–H and O–H groups in total. The number of hydrogen-bond acceptors (Lipinski definition) is 5. The fourth-order valence-electron chi connectivity index (χ4n) is 3.88. The summed E-state index contributed by atoms with van der Waals surface area (Å²) >= 11 is 0. The van der Waals surface area contributed by atoms with Gasteiger partial charge in [-0.25, -0.2) is 0 Å². The van der Waals surface area contributed by atoms with E-state index in [-0.39, 0.29) is 18.4 Å². The van der Waals surface area contributed by atoms with Crippen molar-refractivity contribution in [3.63, 3.8) is 0 Å². The van der Waals surface area contributed by atoms with Crippen molar-refractivity contribution in [1.29, 1.82) is 0 Å². The van der Waals surface area contributed by atoms with E-state index in [4.69, 9.17) is 4.74 Å². The van der Waals surface area contributed by atoms with Crippen LogP contribution in [-0.2, 0) is 11.8 Å². The van der Waals surface area contributed by atoms with Gasteiger partial charge in [0, 0.05) is 52.6 Å². The Labute approximate surface area is 143 Å². The van der Waals surface area contributed by atoms with Gasteiger partial charge in [0.2, 0.25) is 0 Å². The molecule has 2 saturated heterocycles. The number of aryl methyl sites for hydroxylation is 2. The Morgan fingerprint density at radius 2 is 2.04 bits per heavy atom. The second-order valence-corrected chi connectivity index (χ2v) is 7.08. The highest BCUT2D eigenvalue weighted by Gasteiger charge is 2.32. The lowest BCUT2D eigenvalue weighted by Crippen LogP contribution is -2.49. The molecule has 7 nitrogen and oxygen atoms in total. The second-order valence-electron chi connectivity index (χ2n) is 7.08. The van der Waals surface area contributed by atoms with E-state index in [1.807, 2.05) is 18.9 Å². The average Bonchev–Trinajstić information content (AvgIpc) is 2.93. The number of likely N-dealkylation sites (tertiary alicyclic amines) is 1. The molecule has 2 atom stereocenters. The summed E-state index contributed by atoms with van der Waals surface area (Å²) in [6, 6.07) is 0. The molecule has 2 aliphatic rings. The van der Waals surface area contributed by atoms with Gasteiger partial charge in [-0.1, -0.05) is 0 Å². The standard InChI is InChI=1S/C17H28N4O3/c1-13-16(11-19(2)18-13)17(23)21-9-14(7-15(10-21)12-22)8-20-3-5-24-6-4-20/h11,14-15,22H,3-10,12H2,1-2H3/t14-,15+/m0/s1. The first-order valence-electron chi connectivity index (χ1n) is 8.77. The maximum atomic E-state index is 12.9. The Morgan fingerprint density at radius 3 is 2.67 bits per heavy atom. The fourth-order valence-corrected chi connectivity index (χ4v) is 3.88. The first-order valence-corrected chi connectivity index (χ1v) is 8.77. The van der Waals surface area contributed by atoms with Crippen molar-refractivity contribution in [2.75, 3.05) is 52.5 Å². The van der Waals surface area contributed by atoms with Gasteiger partial charge in [-0.15, -0.1) is 0 Å². The van der Waals surface area contributed by atoms with Gasteiger partial charge in [0.1, 0.15) is 0 Å². The van der Waals surface area contributed by atoms with Gasteiger partial charge < -0.3 is 14.7 Å². The van der Waals surface area contributed by atoms with Crippen molar-refractivity contribution in [1.82, 2.24) is 19.6 Å². The summed E-state index contributed by atoms with van der Waals surface area (Å²) in [6.45, 7) is 7.83. The van der Waals surface area contributed by atoms with Crippen LogP contribution in [0.2, 0.25) is 0 Å². The highest BCUT2D eigenvalue weighted by Crippen LogP contribution is 2.25. The number of hydrogen-bond donors (Lipinski definition) is 1. The second kappa shape index (κ2) is 7.63. The predicted molar refractivity (Wildman–Crippen MR) is 89.8 cm³/mol. The summed E-state index contributed by atoms with van der Waals surface area (Å²) in [5.74, 6) is 0.589. The van der Waals surface area contributed by atoms with Crippen molar-refractivity contribution in [2.45, 2.75) is 13.3 Å². The Balaban J connectivity index is 1.68. The Bertz CT molecular complexity index is 568. The number of aliphatic hydroxyl groups is 1. The number of carbonyl (C=O) groups is 1. The van der Waals surface area contributed by atoms with Crippen molar-refractivity contribution >= 4 is 5.91 Å². The van der Waals surface area contributed by atoms with Crippen LogP contribution in [0.3, 0.4) is 0 Å². The predicted octanol–water partition coefficient (Wildman–Crippen LogP) is 0.131. The zero-order valence-corrected chi connectivity index (χ0v) is 14.6. The summed E-state index contributed by atoms with van der Waals surface area (Å²) < 4.78 is 7.09. The van der Waals surface area contributed by atoms with Crippen molar-refractivity contribution in [3.05, 3.63) is 17.5 Å². The molecule has 2 fully saturated rings. The lowest BCUT2D eigenvalue weighted by Gasteiger charge is -2.40. The highest BCUT2D eigenvalue weighted by atomic mass is 16.5. The molecule has 1 aromatic heterocycles. The Kier molecular flexibility index (Phi) is 5.53. The van der Waals surface area contributed by atoms with E-state index in [9.17, 15) is 9.90 Å². The molecule has 0 saturated carbocycles. The number of ether oxygens (including phenoxy) is 1. The van der Waals surface area contributed by atoms with Crippen LogP contribution in [0.15, 0.2) is 6.20 Å². The maximum absolute atomic E-state index is 12.9. The van der Waals surface area contributed by atoms with Crippen molar-refractivity contribution < 1.29 is 14.6 Å². The van der Waals surface area contributed by atoms with Gasteiger partial charge in [0.15, 0.2) is 0 Å². The highest BCUT2D eigenvalue weighted by molar-refractivity contribution is 5.95. The van der Waals surface area contributed by atoms with Crippen LogP contribution >= 0.6 is 0 Å². The molecule has 1 amide bonds. The van der Waals surface area contributed by atoms with E-state index in [0.717, 1.165) is 51.5 Å². The van der Waals surface area contributed by atoms with Gasteiger partial charge in [-0.3, -0.25) is 14.4 Å². The number of aromatic nitrogens is 2. The summed E-state index contributed by atoms with van der Waals surface area (Å²) in [7, 11) is 1.83. The van der Waals surface area contributed by atoms with Gasteiger partial charge in [0.25, 0.3) is 5.91 Å². The van der Waals surface area contributed by atoms with Crippen molar-refractivity contribution in [3.8, 4) is 0 Å². The molecule has 0 spiro atoms. The molecule has 3 rings (SSSR count). The normalized spacial score (nSPS) is 25.9. The monoisotopic (exact) mass is 336 g/mol. The van der Waals surface area contributed by atoms with Crippen LogP contribution in [0.5, 0.6) is 0 Å². The van der Waals surface area contributed by atoms with Crippen molar-refractivity contribution in [2.24, 2.45) is 18.9 Å². The van der Waals surface area contributed by atoms with E-state index in [2.05, 4.69) is 10.00 Å². The maximum Gasteiger partial charge on any atom is 0.257 e. The van der Waals surface area contributed by atoms with Gasteiger partial charge >= 0.3 is 0 Å². The molecular formula is C17H28N4O3. The van der Waals surface area contributed by atoms with E-state index in [0.29, 0.717) is 18.0 Å². The molecule has 3 heterocycles. The first kappa shape index (κ1) is 17.4. The first-order chi connectivity index (χ1) is 11.6. The Morgan fingerprint density at radius 1 is 1.33 bits per heavy atom. The third-order valence-corrected chi connectivity index (χ3v) is 5.03. The van der Waals surface area contributed by atoms with E-state index < -0.39 is 0 Å². The SMILES string of the molecule is Cc1nn(C)cc1C(=O)N1C[C@H](CO)C[C@@H](CN2CCOCC2)C1. The number of piperidine rings is 1. The fraction of sp³-hybridized carbons (Fsp3) is 0.765. The van der Waals surface area contributed by atoms with Crippen LogP contribution < -0.4 is 0 Å². The number of nitrogens with zero attached hydrogens (tertiary/aromatic N) is 4. The summed E-state index contributed by atoms with van der Waals surface area (Å²) in [4.78, 5) is 17.2. The minimum Gasteiger partial charge on any atom is -0.396 e. The van der Waals surface area contributed by atoms with Crippen LogP contribution in [0.25, 0.3) is 0 Å². The summed E-state index contributed by atoms with van der Waals surface area (Å²) in [5, 5.41) is 13.9. The van der Waals surface area contributed by atoms with E-state index in [1.54, 1.807) is 10.9 Å². The molecule has 7 heteroatoms. The molecular weight excluding hydrogens is 308 g/mol. The largest absolute Gasteiger partial charge is 0.396 e. The number of rotatable bonds is 4. The number of amides is 1. The van der Waals surface area contributed by atoms with E-state index >= 15 is 0 Å². The molecule has 0 bridgehead atoms. The smallest absolute Gasteiger partial charge is 0.257 e. The zero-order chi connectivity index (χ0) is 17.1. The molecule has 0 aliphatic carbocycles. The molecule has 0 radical (unpaired) electrons. The minimum absolute atomic E-state index is 0.0331. The molecule has 24 heavy (non-hydrogen) atoms. The Hall–Kier alpha value is -1.44. The molecule has 134 valence electrons. The van der Waals surface area contributed by atoms with Gasteiger partial charge in [0.05, 0.1) is 24.5 Å². The average molecular weight is 336 g/mol. The minimum atomic E-state index is 0.0331. The van der Waals surface area contributed by atoms with Crippen LogP contribution in [-0.4, -0.2) is 83.1 Å². The third-order valence-electron chi connectivity index (χ3n) is 5.03. The molecule has 2 aliphatic heterocycles. The van der Waals surface area contributed by atoms with Crippen LogP contribution in [0, 0.1) is 18.8 Å². The topological polar surface area (TPSA) is 70.8 Å². The van der Waals surface area contributed by atoms with Crippen LogP contribution in [0.1, 0.15) is 22.5 Å². The van der Waals surface area contributed by atoms with Gasteiger partial charge in [-0.2, -0.15) is 5.10 Å². The summed E-state index contributed by atoms with van der Waals surface area (Å²) in [5.41, 5.74) is 1.43. The lowest BCUT2D eigenvalue weighted by atomic mass is 9.88.